The molecule has 110 valence electrons. The molecule has 0 saturated carbocycles. The van der Waals surface area contributed by atoms with E-state index < -0.39 is 10.0 Å². The van der Waals surface area contributed by atoms with E-state index in [2.05, 4.69) is 4.72 Å². The Morgan fingerprint density at radius 1 is 1.14 bits per heavy atom. The third-order valence-corrected chi connectivity index (χ3v) is 4.81. The van der Waals surface area contributed by atoms with E-state index in [1.54, 1.807) is 6.07 Å². The van der Waals surface area contributed by atoms with Crippen LogP contribution in [-0.2, 0) is 22.2 Å². The molecule has 0 unspecified atom stereocenters. The van der Waals surface area contributed by atoms with Gasteiger partial charge in [0.25, 0.3) is 0 Å². The Balaban J connectivity index is 1.84. The second-order valence-corrected chi connectivity index (χ2v) is 6.90. The maximum Gasteiger partial charge on any atom is 0.237 e. The van der Waals surface area contributed by atoms with Crippen LogP contribution >= 0.6 is 0 Å². The Labute approximate surface area is 124 Å². The highest BCUT2D eigenvalue weighted by atomic mass is 32.2. The largest absolute Gasteiger partial charge is 0.491 e. The molecule has 0 radical (unpaired) electrons. The summed E-state index contributed by atoms with van der Waals surface area (Å²) in [6.07, 6.45) is 0.822. The van der Waals surface area contributed by atoms with Crippen LogP contribution in [0.25, 0.3) is 0 Å². The van der Waals surface area contributed by atoms with Gasteiger partial charge in [-0.15, -0.1) is 0 Å². The molecule has 0 bridgehead atoms. The van der Waals surface area contributed by atoms with E-state index in [0.717, 1.165) is 23.1 Å². The van der Waals surface area contributed by atoms with Crippen molar-refractivity contribution >= 4 is 15.7 Å². The van der Waals surface area contributed by atoms with Crippen molar-refractivity contribution < 1.29 is 13.2 Å². The van der Waals surface area contributed by atoms with Gasteiger partial charge in [-0.3, -0.25) is 4.72 Å². The van der Waals surface area contributed by atoms with Crippen molar-refractivity contribution in [3.05, 3.63) is 59.2 Å². The topological polar surface area (TPSA) is 55.4 Å². The molecule has 1 aliphatic heterocycles. The summed E-state index contributed by atoms with van der Waals surface area (Å²) < 4.78 is 32.9. The van der Waals surface area contributed by atoms with Gasteiger partial charge in [-0.2, -0.15) is 0 Å². The van der Waals surface area contributed by atoms with E-state index in [4.69, 9.17) is 4.74 Å². The highest BCUT2D eigenvalue weighted by Gasteiger charge is 2.20. The predicted molar refractivity (Wildman–Crippen MR) is 83.1 cm³/mol. The fourth-order valence-corrected chi connectivity index (χ4v) is 3.78. The maximum atomic E-state index is 12.4. The van der Waals surface area contributed by atoms with Crippen LogP contribution in [-0.4, -0.2) is 15.0 Å². The molecule has 0 spiro atoms. The average molecular weight is 303 g/mol. The van der Waals surface area contributed by atoms with Crippen molar-refractivity contribution in [2.45, 2.75) is 19.1 Å². The van der Waals surface area contributed by atoms with Gasteiger partial charge >= 0.3 is 0 Å². The minimum Gasteiger partial charge on any atom is -0.491 e. The molecule has 1 heterocycles. The van der Waals surface area contributed by atoms with Gasteiger partial charge in [0.15, 0.2) is 0 Å². The van der Waals surface area contributed by atoms with Crippen LogP contribution in [0.1, 0.15) is 16.7 Å². The van der Waals surface area contributed by atoms with Gasteiger partial charge in [-0.25, -0.2) is 8.42 Å². The fourth-order valence-electron chi connectivity index (χ4n) is 2.48. The second-order valence-electron chi connectivity index (χ2n) is 5.18. The second kappa shape index (κ2) is 5.41. The fraction of sp³-hybridized carbons (Fsp3) is 0.250. The zero-order valence-electron chi connectivity index (χ0n) is 11.8. The summed E-state index contributed by atoms with van der Waals surface area (Å²) in [7, 11) is -3.46. The minimum atomic E-state index is -3.46. The number of para-hydroxylation sites is 1. The third-order valence-electron chi connectivity index (χ3n) is 3.59. The molecule has 3 rings (SSSR count). The minimum absolute atomic E-state index is 0.0384. The van der Waals surface area contributed by atoms with Gasteiger partial charge in [-0.05, 0) is 29.7 Å². The SMILES string of the molecule is Cc1ccccc1CS(=O)(=O)Nc1cccc2c1OCC2. The molecule has 2 aromatic carbocycles. The number of sulfonamides is 1. The van der Waals surface area contributed by atoms with Crippen LogP contribution in [0.15, 0.2) is 42.5 Å². The molecule has 5 heteroatoms. The molecular formula is C16H17NO3S. The lowest BCUT2D eigenvalue weighted by atomic mass is 10.1. The van der Waals surface area contributed by atoms with Crippen molar-refractivity contribution in [1.82, 2.24) is 0 Å². The maximum absolute atomic E-state index is 12.4. The molecule has 21 heavy (non-hydrogen) atoms. The molecule has 0 amide bonds. The standard InChI is InChI=1S/C16H17NO3S/c1-12-5-2-3-6-14(12)11-21(18,19)17-15-8-4-7-13-9-10-20-16(13)15/h2-8,17H,9-11H2,1H3. The van der Waals surface area contributed by atoms with Gasteiger partial charge < -0.3 is 4.74 Å². The first-order chi connectivity index (χ1) is 10.1. The lowest BCUT2D eigenvalue weighted by molar-refractivity contribution is 0.358. The normalized spacial score (nSPS) is 13.6. The highest BCUT2D eigenvalue weighted by molar-refractivity contribution is 7.91. The first-order valence-electron chi connectivity index (χ1n) is 6.85. The number of hydrogen-bond acceptors (Lipinski definition) is 3. The highest BCUT2D eigenvalue weighted by Crippen LogP contribution is 2.34. The summed E-state index contributed by atoms with van der Waals surface area (Å²) in [5, 5.41) is 0. The summed E-state index contributed by atoms with van der Waals surface area (Å²) in [6, 6.07) is 13.0. The number of rotatable bonds is 4. The van der Waals surface area contributed by atoms with E-state index in [1.165, 1.54) is 0 Å². The molecule has 4 nitrogen and oxygen atoms in total. The molecule has 1 N–H and O–H groups in total. The molecular weight excluding hydrogens is 286 g/mol. The molecule has 0 aromatic heterocycles. The van der Waals surface area contributed by atoms with Crippen LogP contribution in [0, 0.1) is 6.92 Å². The van der Waals surface area contributed by atoms with Crippen molar-refractivity contribution in [3.63, 3.8) is 0 Å². The molecule has 0 atom stereocenters. The summed E-state index contributed by atoms with van der Waals surface area (Å²) in [5.74, 6) is 0.620. The van der Waals surface area contributed by atoms with Crippen molar-refractivity contribution in [2.24, 2.45) is 0 Å². The zero-order valence-corrected chi connectivity index (χ0v) is 12.6. The molecule has 0 fully saturated rings. The number of anilines is 1. The van der Waals surface area contributed by atoms with Crippen molar-refractivity contribution in [3.8, 4) is 5.75 Å². The first-order valence-corrected chi connectivity index (χ1v) is 8.50. The third kappa shape index (κ3) is 3.03. The molecule has 2 aromatic rings. The Morgan fingerprint density at radius 2 is 1.95 bits per heavy atom. The molecule has 1 aliphatic rings. The van der Waals surface area contributed by atoms with E-state index in [0.29, 0.717) is 18.0 Å². The summed E-state index contributed by atoms with van der Waals surface area (Å²) >= 11 is 0. The predicted octanol–water partition coefficient (Wildman–Crippen LogP) is 2.87. The Bertz CT molecular complexity index is 769. The van der Waals surface area contributed by atoms with Crippen LogP contribution in [0.5, 0.6) is 5.75 Å². The smallest absolute Gasteiger partial charge is 0.237 e. The first kappa shape index (κ1) is 13.9. The van der Waals surface area contributed by atoms with Crippen molar-refractivity contribution in [1.29, 1.82) is 0 Å². The number of fused-ring (bicyclic) bond motifs is 1. The van der Waals surface area contributed by atoms with Gasteiger partial charge in [0.1, 0.15) is 5.75 Å². The summed E-state index contributed by atoms with van der Waals surface area (Å²) in [6.45, 7) is 2.51. The number of ether oxygens (including phenoxy) is 1. The van der Waals surface area contributed by atoms with E-state index in [9.17, 15) is 8.42 Å². The summed E-state index contributed by atoms with van der Waals surface area (Å²) in [4.78, 5) is 0. The van der Waals surface area contributed by atoms with Gasteiger partial charge in [-0.1, -0.05) is 36.4 Å². The Kier molecular flexibility index (Phi) is 3.59. The summed E-state index contributed by atoms with van der Waals surface area (Å²) in [5.41, 5.74) is 3.35. The number of aryl methyl sites for hydroxylation is 1. The Morgan fingerprint density at radius 3 is 2.76 bits per heavy atom. The lowest BCUT2D eigenvalue weighted by Gasteiger charge is -2.12. The number of hydrogen-bond donors (Lipinski definition) is 1. The quantitative estimate of drug-likeness (QED) is 0.945. The van der Waals surface area contributed by atoms with Gasteiger partial charge in [0.05, 0.1) is 18.0 Å². The van der Waals surface area contributed by atoms with E-state index >= 15 is 0 Å². The number of benzene rings is 2. The van der Waals surface area contributed by atoms with Crippen LogP contribution in [0.2, 0.25) is 0 Å². The zero-order chi connectivity index (χ0) is 14.9. The van der Waals surface area contributed by atoms with Crippen LogP contribution < -0.4 is 9.46 Å². The van der Waals surface area contributed by atoms with Crippen LogP contribution in [0.4, 0.5) is 5.69 Å². The monoisotopic (exact) mass is 303 g/mol. The van der Waals surface area contributed by atoms with Gasteiger partial charge in [0.2, 0.25) is 10.0 Å². The lowest BCUT2D eigenvalue weighted by Crippen LogP contribution is -2.16. The van der Waals surface area contributed by atoms with E-state index in [1.807, 2.05) is 43.3 Å². The average Bonchev–Trinajstić information content (AvgIpc) is 2.90. The van der Waals surface area contributed by atoms with Gasteiger partial charge in [0, 0.05) is 6.42 Å². The van der Waals surface area contributed by atoms with E-state index in [-0.39, 0.29) is 5.75 Å². The number of nitrogens with one attached hydrogen (secondary N) is 1. The molecule has 0 aliphatic carbocycles. The van der Waals surface area contributed by atoms with Crippen molar-refractivity contribution in [2.75, 3.05) is 11.3 Å². The van der Waals surface area contributed by atoms with Crippen LogP contribution in [0.3, 0.4) is 0 Å². The molecule has 0 saturated heterocycles. The Hall–Kier alpha value is -2.01.